The molecule has 0 bridgehead atoms. The monoisotopic (exact) mass is 128 g/mol. The molecule has 1 aliphatic rings. The summed E-state index contributed by atoms with van der Waals surface area (Å²) in [6.45, 7) is 3.84. The molecular formula is C5H8N2O2. The van der Waals surface area contributed by atoms with E-state index >= 15 is 0 Å². The number of cyclic esters (lactones) is 1. The van der Waals surface area contributed by atoms with Gasteiger partial charge in [-0.05, 0) is 0 Å². The Kier molecular flexibility index (Phi) is 1.46. The number of carbonyl (C=O) groups excluding carboxylic acids is 1. The highest BCUT2D eigenvalue weighted by Gasteiger charge is 2.22. The van der Waals surface area contributed by atoms with Gasteiger partial charge in [0.15, 0.2) is 0 Å². The van der Waals surface area contributed by atoms with Gasteiger partial charge < -0.3 is 4.74 Å². The van der Waals surface area contributed by atoms with Gasteiger partial charge in [-0.25, -0.2) is 4.79 Å². The normalized spacial score (nSPS) is 25.2. The molecule has 0 aromatic carbocycles. The standard InChI is InChI=1S/C5H8N2O2/c1-3(2)4-6-7-5(8)9-4/h3-4H,1-2H3. The van der Waals surface area contributed by atoms with Crippen molar-refractivity contribution in [2.24, 2.45) is 16.1 Å². The topological polar surface area (TPSA) is 51.0 Å². The summed E-state index contributed by atoms with van der Waals surface area (Å²) in [6.07, 6.45) is -0.925. The average molecular weight is 128 g/mol. The molecule has 0 fully saturated rings. The fourth-order valence-corrected chi connectivity index (χ4v) is 0.524. The molecule has 0 saturated carbocycles. The molecule has 1 aliphatic heterocycles. The van der Waals surface area contributed by atoms with Crippen LogP contribution in [-0.2, 0) is 4.74 Å². The average Bonchev–Trinajstić information content (AvgIpc) is 2.14. The predicted molar refractivity (Wildman–Crippen MR) is 30.0 cm³/mol. The molecule has 1 amide bonds. The molecule has 0 aliphatic carbocycles. The minimum atomic E-state index is -0.575. The molecule has 1 heterocycles. The van der Waals surface area contributed by atoms with E-state index in [9.17, 15) is 4.79 Å². The second-order valence-electron chi connectivity index (χ2n) is 2.23. The van der Waals surface area contributed by atoms with E-state index in [1.165, 1.54) is 0 Å². The molecule has 1 atom stereocenters. The molecule has 1 rings (SSSR count). The molecule has 0 radical (unpaired) electrons. The zero-order chi connectivity index (χ0) is 6.85. The van der Waals surface area contributed by atoms with Crippen molar-refractivity contribution < 1.29 is 9.53 Å². The predicted octanol–water partition coefficient (Wildman–Crippen LogP) is 1.57. The molecule has 4 nitrogen and oxygen atoms in total. The first kappa shape index (κ1) is 6.19. The second-order valence-corrected chi connectivity index (χ2v) is 2.23. The van der Waals surface area contributed by atoms with Crippen LogP contribution in [0.4, 0.5) is 4.79 Å². The Morgan fingerprint density at radius 3 is 2.56 bits per heavy atom. The number of carbonyl (C=O) groups is 1. The zero-order valence-corrected chi connectivity index (χ0v) is 5.37. The maximum absolute atomic E-state index is 10.3. The highest BCUT2D eigenvalue weighted by atomic mass is 16.6. The van der Waals surface area contributed by atoms with Crippen molar-refractivity contribution in [1.82, 2.24) is 0 Å². The van der Waals surface area contributed by atoms with E-state index in [2.05, 4.69) is 15.0 Å². The first-order valence-electron chi connectivity index (χ1n) is 2.81. The summed E-state index contributed by atoms with van der Waals surface area (Å²) in [5, 5.41) is 6.77. The van der Waals surface area contributed by atoms with Crippen molar-refractivity contribution in [1.29, 1.82) is 0 Å². The van der Waals surface area contributed by atoms with Gasteiger partial charge in [-0.15, -0.1) is 5.11 Å². The van der Waals surface area contributed by atoms with Crippen LogP contribution in [0.3, 0.4) is 0 Å². The van der Waals surface area contributed by atoms with Crippen LogP contribution < -0.4 is 0 Å². The van der Waals surface area contributed by atoms with Gasteiger partial charge in [-0.1, -0.05) is 19.0 Å². The number of rotatable bonds is 1. The SMILES string of the molecule is CC(C)C1N=NC(=O)O1. The van der Waals surface area contributed by atoms with Crippen molar-refractivity contribution in [3.8, 4) is 0 Å². The Bertz CT molecular complexity index is 153. The van der Waals surface area contributed by atoms with Crippen molar-refractivity contribution in [2.75, 3.05) is 0 Å². The number of hydrogen-bond acceptors (Lipinski definition) is 3. The van der Waals surface area contributed by atoms with E-state index in [1.807, 2.05) is 13.8 Å². The van der Waals surface area contributed by atoms with Gasteiger partial charge in [0.1, 0.15) is 0 Å². The molecule has 50 valence electrons. The molecular weight excluding hydrogens is 120 g/mol. The molecule has 4 heteroatoms. The Morgan fingerprint density at radius 2 is 2.33 bits per heavy atom. The van der Waals surface area contributed by atoms with E-state index in [0.717, 1.165) is 0 Å². The molecule has 0 aromatic rings. The minimum absolute atomic E-state index is 0.222. The second kappa shape index (κ2) is 2.13. The van der Waals surface area contributed by atoms with Crippen LogP contribution in [0.2, 0.25) is 0 Å². The summed E-state index contributed by atoms with van der Waals surface area (Å²) in [7, 11) is 0. The Hall–Kier alpha value is -0.930. The third-order valence-electron chi connectivity index (χ3n) is 1.05. The van der Waals surface area contributed by atoms with E-state index in [-0.39, 0.29) is 12.1 Å². The number of amides is 1. The van der Waals surface area contributed by atoms with Gasteiger partial charge in [-0.2, -0.15) is 0 Å². The zero-order valence-electron chi connectivity index (χ0n) is 5.37. The fourth-order valence-electron chi connectivity index (χ4n) is 0.524. The van der Waals surface area contributed by atoms with Gasteiger partial charge in [0.25, 0.3) is 0 Å². The van der Waals surface area contributed by atoms with Crippen LogP contribution in [0.25, 0.3) is 0 Å². The van der Waals surface area contributed by atoms with Crippen molar-refractivity contribution in [2.45, 2.75) is 20.1 Å². The molecule has 9 heavy (non-hydrogen) atoms. The van der Waals surface area contributed by atoms with Gasteiger partial charge in [0.2, 0.25) is 6.23 Å². The third kappa shape index (κ3) is 1.25. The van der Waals surface area contributed by atoms with Gasteiger partial charge in [0.05, 0.1) is 0 Å². The maximum atomic E-state index is 10.3. The quantitative estimate of drug-likeness (QED) is 0.538. The Morgan fingerprint density at radius 1 is 1.67 bits per heavy atom. The molecule has 0 aromatic heterocycles. The summed E-state index contributed by atoms with van der Waals surface area (Å²) < 4.78 is 4.65. The number of hydrogen-bond donors (Lipinski definition) is 0. The van der Waals surface area contributed by atoms with Crippen LogP contribution in [0.1, 0.15) is 13.8 Å². The van der Waals surface area contributed by atoms with Crippen LogP contribution in [0.15, 0.2) is 10.2 Å². The Labute approximate surface area is 52.9 Å². The van der Waals surface area contributed by atoms with Gasteiger partial charge >= 0.3 is 6.09 Å². The minimum Gasteiger partial charge on any atom is -0.419 e. The lowest BCUT2D eigenvalue weighted by molar-refractivity contribution is 0.105. The van der Waals surface area contributed by atoms with Crippen LogP contribution in [-0.4, -0.2) is 12.3 Å². The number of nitrogens with zero attached hydrogens (tertiary/aromatic N) is 2. The first-order chi connectivity index (χ1) is 4.20. The largest absolute Gasteiger partial charge is 0.454 e. The van der Waals surface area contributed by atoms with E-state index in [4.69, 9.17) is 0 Å². The summed E-state index contributed by atoms with van der Waals surface area (Å²) in [4.78, 5) is 10.3. The molecule has 1 unspecified atom stereocenters. The summed E-state index contributed by atoms with van der Waals surface area (Å²) in [5.41, 5.74) is 0. The molecule has 0 N–H and O–H groups in total. The lowest BCUT2D eigenvalue weighted by atomic mass is 10.2. The molecule has 0 saturated heterocycles. The lowest BCUT2D eigenvalue weighted by Gasteiger charge is -2.06. The van der Waals surface area contributed by atoms with E-state index in [1.54, 1.807) is 0 Å². The van der Waals surface area contributed by atoms with Crippen LogP contribution in [0, 0.1) is 5.92 Å². The number of azo groups is 1. The third-order valence-corrected chi connectivity index (χ3v) is 1.05. The highest BCUT2D eigenvalue weighted by Crippen LogP contribution is 2.14. The van der Waals surface area contributed by atoms with Crippen LogP contribution >= 0.6 is 0 Å². The maximum Gasteiger partial charge on any atom is 0.454 e. The summed E-state index contributed by atoms with van der Waals surface area (Å²) in [6, 6.07) is 0. The number of ether oxygens (including phenoxy) is 1. The van der Waals surface area contributed by atoms with Crippen molar-refractivity contribution in [3.05, 3.63) is 0 Å². The van der Waals surface area contributed by atoms with Gasteiger partial charge in [0, 0.05) is 5.92 Å². The lowest BCUT2D eigenvalue weighted by Crippen LogP contribution is -2.13. The van der Waals surface area contributed by atoms with E-state index < -0.39 is 6.09 Å². The molecule has 0 spiro atoms. The summed E-state index contributed by atoms with van der Waals surface area (Å²) >= 11 is 0. The Balaban J connectivity index is 2.50. The van der Waals surface area contributed by atoms with Crippen LogP contribution in [0.5, 0.6) is 0 Å². The fraction of sp³-hybridized carbons (Fsp3) is 0.800. The van der Waals surface area contributed by atoms with Gasteiger partial charge in [-0.3, -0.25) is 0 Å². The smallest absolute Gasteiger partial charge is 0.419 e. The van der Waals surface area contributed by atoms with Crippen molar-refractivity contribution >= 4 is 6.09 Å². The highest BCUT2D eigenvalue weighted by molar-refractivity contribution is 5.68. The summed E-state index contributed by atoms with van der Waals surface area (Å²) in [5.74, 6) is 0.222. The van der Waals surface area contributed by atoms with Crippen molar-refractivity contribution in [3.63, 3.8) is 0 Å². The van der Waals surface area contributed by atoms with E-state index in [0.29, 0.717) is 0 Å². The first-order valence-corrected chi connectivity index (χ1v) is 2.81.